The Morgan fingerprint density at radius 2 is 1.68 bits per heavy atom. The summed E-state index contributed by atoms with van der Waals surface area (Å²) in [6.07, 6.45) is 1.09. The zero-order valence-corrected chi connectivity index (χ0v) is 13.1. The molecule has 0 bridgehead atoms. The summed E-state index contributed by atoms with van der Waals surface area (Å²) in [5, 5.41) is 0. The van der Waals surface area contributed by atoms with Crippen molar-refractivity contribution in [3.8, 4) is 0 Å². The molecule has 1 rings (SSSR count). The fourth-order valence-electron chi connectivity index (χ4n) is 1.86. The standard InChI is InChI=1S/C17H29NO/c1-13(2)10-11-19-12-16(18)14-6-8-15(9-7-14)17(3,4)5/h6-9,13,16H,10-12,18H2,1-5H3. The summed E-state index contributed by atoms with van der Waals surface area (Å²) in [5.41, 5.74) is 8.82. The Labute approximate surface area is 118 Å². The quantitative estimate of drug-likeness (QED) is 0.786. The van der Waals surface area contributed by atoms with E-state index in [0.717, 1.165) is 18.6 Å². The molecule has 0 saturated heterocycles. The van der Waals surface area contributed by atoms with Crippen molar-refractivity contribution in [3.63, 3.8) is 0 Å². The first kappa shape index (κ1) is 16.2. The van der Waals surface area contributed by atoms with Gasteiger partial charge in [-0.3, -0.25) is 0 Å². The largest absolute Gasteiger partial charge is 0.379 e. The molecule has 1 aromatic carbocycles. The van der Waals surface area contributed by atoms with Crippen molar-refractivity contribution in [1.82, 2.24) is 0 Å². The van der Waals surface area contributed by atoms with Crippen LogP contribution >= 0.6 is 0 Å². The molecule has 1 atom stereocenters. The van der Waals surface area contributed by atoms with E-state index in [-0.39, 0.29) is 11.5 Å². The number of rotatable bonds is 6. The molecule has 0 aliphatic carbocycles. The van der Waals surface area contributed by atoms with E-state index in [1.807, 2.05) is 0 Å². The van der Waals surface area contributed by atoms with Crippen molar-refractivity contribution < 1.29 is 4.74 Å². The summed E-state index contributed by atoms with van der Waals surface area (Å²) in [7, 11) is 0. The highest BCUT2D eigenvalue weighted by Gasteiger charge is 2.14. The van der Waals surface area contributed by atoms with Crippen LogP contribution in [0.1, 0.15) is 58.2 Å². The van der Waals surface area contributed by atoms with E-state index in [2.05, 4.69) is 58.9 Å². The van der Waals surface area contributed by atoms with Gasteiger partial charge in [-0.1, -0.05) is 58.9 Å². The van der Waals surface area contributed by atoms with Crippen molar-refractivity contribution in [2.24, 2.45) is 11.7 Å². The molecule has 2 heteroatoms. The van der Waals surface area contributed by atoms with Gasteiger partial charge in [0.2, 0.25) is 0 Å². The van der Waals surface area contributed by atoms with E-state index in [1.165, 1.54) is 5.56 Å². The van der Waals surface area contributed by atoms with Crippen molar-refractivity contribution >= 4 is 0 Å². The van der Waals surface area contributed by atoms with E-state index in [0.29, 0.717) is 12.5 Å². The van der Waals surface area contributed by atoms with Crippen molar-refractivity contribution in [2.75, 3.05) is 13.2 Å². The van der Waals surface area contributed by atoms with Crippen LogP contribution in [-0.2, 0) is 10.2 Å². The van der Waals surface area contributed by atoms with Gasteiger partial charge >= 0.3 is 0 Å². The molecular formula is C17H29NO. The predicted octanol–water partition coefficient (Wildman–Crippen LogP) is 4.05. The van der Waals surface area contributed by atoms with Crippen LogP contribution in [0.25, 0.3) is 0 Å². The van der Waals surface area contributed by atoms with E-state index in [4.69, 9.17) is 10.5 Å². The van der Waals surface area contributed by atoms with Crippen molar-refractivity contribution in [3.05, 3.63) is 35.4 Å². The lowest BCUT2D eigenvalue weighted by molar-refractivity contribution is 0.111. The van der Waals surface area contributed by atoms with Crippen LogP contribution in [0.15, 0.2) is 24.3 Å². The second-order valence-electron chi connectivity index (χ2n) is 6.74. The summed E-state index contributed by atoms with van der Waals surface area (Å²) in [6, 6.07) is 8.56. The molecule has 0 saturated carbocycles. The molecular weight excluding hydrogens is 234 g/mol. The molecule has 1 unspecified atom stereocenters. The molecule has 0 amide bonds. The third-order valence-electron chi connectivity index (χ3n) is 3.34. The Morgan fingerprint density at radius 1 is 1.11 bits per heavy atom. The molecule has 0 aromatic heterocycles. The zero-order valence-electron chi connectivity index (χ0n) is 13.1. The second-order valence-corrected chi connectivity index (χ2v) is 6.74. The minimum Gasteiger partial charge on any atom is -0.379 e. The molecule has 0 aliphatic rings. The molecule has 2 N–H and O–H groups in total. The topological polar surface area (TPSA) is 35.2 Å². The molecule has 108 valence electrons. The number of hydrogen-bond donors (Lipinski definition) is 1. The van der Waals surface area contributed by atoms with Crippen LogP contribution < -0.4 is 5.73 Å². The van der Waals surface area contributed by atoms with E-state index in [9.17, 15) is 0 Å². The van der Waals surface area contributed by atoms with Crippen LogP contribution in [0.2, 0.25) is 0 Å². The Morgan fingerprint density at radius 3 is 2.16 bits per heavy atom. The lowest BCUT2D eigenvalue weighted by Crippen LogP contribution is -2.18. The van der Waals surface area contributed by atoms with Gasteiger partial charge < -0.3 is 10.5 Å². The summed E-state index contributed by atoms with van der Waals surface area (Å²) in [6.45, 7) is 12.5. The maximum absolute atomic E-state index is 6.15. The molecule has 0 heterocycles. The van der Waals surface area contributed by atoms with Gasteiger partial charge in [-0.15, -0.1) is 0 Å². The number of nitrogens with two attached hydrogens (primary N) is 1. The van der Waals surface area contributed by atoms with Crippen LogP contribution in [0.4, 0.5) is 0 Å². The van der Waals surface area contributed by atoms with E-state index >= 15 is 0 Å². The van der Waals surface area contributed by atoms with Gasteiger partial charge in [-0.05, 0) is 28.9 Å². The van der Waals surface area contributed by atoms with E-state index in [1.54, 1.807) is 0 Å². The monoisotopic (exact) mass is 263 g/mol. The third kappa shape index (κ3) is 5.75. The highest BCUT2D eigenvalue weighted by atomic mass is 16.5. The number of ether oxygens (including phenoxy) is 1. The molecule has 0 aliphatic heterocycles. The fourth-order valence-corrected chi connectivity index (χ4v) is 1.86. The SMILES string of the molecule is CC(C)CCOCC(N)c1ccc(C(C)(C)C)cc1. The Balaban J connectivity index is 2.47. The Hall–Kier alpha value is -0.860. The van der Waals surface area contributed by atoms with Crippen LogP contribution in [-0.4, -0.2) is 13.2 Å². The van der Waals surface area contributed by atoms with Crippen LogP contribution in [0.5, 0.6) is 0 Å². The first-order valence-corrected chi connectivity index (χ1v) is 7.24. The summed E-state index contributed by atoms with van der Waals surface area (Å²) in [5.74, 6) is 0.683. The Bertz CT molecular complexity index is 362. The minimum atomic E-state index is -0.0267. The first-order chi connectivity index (χ1) is 8.80. The van der Waals surface area contributed by atoms with Gasteiger partial charge in [0.25, 0.3) is 0 Å². The second kappa shape index (κ2) is 7.06. The van der Waals surface area contributed by atoms with Gasteiger partial charge in [-0.25, -0.2) is 0 Å². The summed E-state index contributed by atoms with van der Waals surface area (Å²) in [4.78, 5) is 0. The molecule has 2 nitrogen and oxygen atoms in total. The normalized spacial score (nSPS) is 13.8. The average molecular weight is 263 g/mol. The molecule has 0 fully saturated rings. The smallest absolute Gasteiger partial charge is 0.0659 e. The molecule has 1 aromatic rings. The Kier molecular flexibility index (Phi) is 6.02. The van der Waals surface area contributed by atoms with Gasteiger partial charge in [0.15, 0.2) is 0 Å². The van der Waals surface area contributed by atoms with Crippen LogP contribution in [0.3, 0.4) is 0 Å². The minimum absolute atomic E-state index is 0.0267. The number of benzene rings is 1. The molecule has 19 heavy (non-hydrogen) atoms. The zero-order chi connectivity index (χ0) is 14.5. The van der Waals surface area contributed by atoms with Crippen LogP contribution in [0, 0.1) is 5.92 Å². The highest BCUT2D eigenvalue weighted by molar-refractivity contribution is 5.29. The van der Waals surface area contributed by atoms with E-state index < -0.39 is 0 Å². The van der Waals surface area contributed by atoms with Gasteiger partial charge in [-0.2, -0.15) is 0 Å². The highest BCUT2D eigenvalue weighted by Crippen LogP contribution is 2.23. The molecule has 0 radical (unpaired) electrons. The summed E-state index contributed by atoms with van der Waals surface area (Å²) >= 11 is 0. The first-order valence-electron chi connectivity index (χ1n) is 7.24. The van der Waals surface area contributed by atoms with Crippen molar-refractivity contribution in [1.29, 1.82) is 0 Å². The van der Waals surface area contributed by atoms with Gasteiger partial charge in [0, 0.05) is 6.61 Å². The average Bonchev–Trinajstić information content (AvgIpc) is 2.33. The maximum Gasteiger partial charge on any atom is 0.0659 e. The maximum atomic E-state index is 6.15. The van der Waals surface area contributed by atoms with Gasteiger partial charge in [0.1, 0.15) is 0 Å². The van der Waals surface area contributed by atoms with Gasteiger partial charge in [0.05, 0.1) is 12.6 Å². The lowest BCUT2D eigenvalue weighted by atomic mass is 9.86. The lowest BCUT2D eigenvalue weighted by Gasteiger charge is -2.20. The predicted molar refractivity (Wildman–Crippen MR) is 82.3 cm³/mol. The molecule has 0 spiro atoms. The fraction of sp³-hybridized carbons (Fsp3) is 0.647. The summed E-state index contributed by atoms with van der Waals surface area (Å²) < 4.78 is 5.63. The number of hydrogen-bond acceptors (Lipinski definition) is 2. The third-order valence-corrected chi connectivity index (χ3v) is 3.34. The van der Waals surface area contributed by atoms with Crippen molar-refractivity contribution in [2.45, 2.75) is 52.5 Å².